The van der Waals surface area contributed by atoms with Crippen molar-refractivity contribution in [3.63, 3.8) is 0 Å². The lowest BCUT2D eigenvalue weighted by Gasteiger charge is -2.40. The van der Waals surface area contributed by atoms with Gasteiger partial charge in [0.1, 0.15) is 0 Å². The van der Waals surface area contributed by atoms with E-state index in [0.29, 0.717) is 77.9 Å². The first-order valence-electron chi connectivity index (χ1n) is 45.8. The molecule has 0 aromatic heterocycles. The monoisotopic (exact) mass is 1970 g/mol. The molecule has 4 heterocycles. The Morgan fingerprint density at radius 3 is 1.21 bits per heavy atom. The predicted molar refractivity (Wildman–Crippen MR) is 555 cm³/mol. The first-order valence-corrected chi connectivity index (χ1v) is 51.5. The van der Waals surface area contributed by atoms with E-state index in [1.807, 2.05) is 161 Å². The third-order valence-electron chi connectivity index (χ3n) is 23.4. The van der Waals surface area contributed by atoms with Crippen molar-refractivity contribution in [3.8, 4) is 0 Å². The standard InChI is InChI=1S/2C25H28ClN3O.C23H32FN3O3S.C21H28FN3O.3C3H8O2S/c1-18-16-23(28-17-19-2-8-22(27)9-3-19)10-11-24(18)29-14-12-25(30,13-15-29)20-4-6-21(26)7-5-20;1-18-16-19(2-11-24(18)27)17-28-22-7-9-23(10-8-22)29-14-12-25(30,13-15-29)20-3-5-21(26)6-4-20;1-15(2)31(28,29)26-20-8-6-19(7-9-20)12-25-21-10-11-22(18(5)23(21)24)27-13-16(3)30-17(4)14-27;1-4-18-20(25-12-14(2)26-15(3)13-25)10-9-19(21(18)22)24-11-16-5-7-17(23)8-6-16;3*1-3(2)6(4)5/h2*2-11,16,28,30H,12-15,17,27H2,1H3;6-11,15-17,25-26H,12-14H2,1-5H3;5-10,14-15,24H,4,11-13,23H2,1-3H3;3*3H,1-2H3,(H,4,5)/p-3/t;;16-,17+;14-,15+;;;. The van der Waals surface area contributed by atoms with Crippen LogP contribution in [0, 0.1) is 32.4 Å². The number of ether oxygens (including phenoxy) is 2. The highest BCUT2D eigenvalue weighted by Gasteiger charge is 2.37. The number of hydrogen-bond acceptors (Lipinski definition) is 23. The summed E-state index contributed by atoms with van der Waals surface area (Å²) in [5.74, 6) is -0.419. The number of aryl methyl sites for hydroxylation is 2. The Balaban J connectivity index is 0.000000208. The highest BCUT2D eigenvalue weighted by atomic mass is 35.5. The molecule has 4 aliphatic heterocycles. The van der Waals surface area contributed by atoms with Gasteiger partial charge < -0.3 is 91.4 Å². The zero-order chi connectivity index (χ0) is 99.2. The van der Waals surface area contributed by atoms with E-state index in [0.717, 1.165) is 139 Å². The van der Waals surface area contributed by atoms with E-state index in [4.69, 9.17) is 49.9 Å². The van der Waals surface area contributed by atoms with Crippen LogP contribution in [0.3, 0.4) is 0 Å². The number of morpholine rings is 2. The number of halogens is 4. The number of aliphatic hydroxyl groups is 2. The summed E-state index contributed by atoms with van der Waals surface area (Å²) in [5, 5.41) is 35.7. The molecule has 14 rings (SSSR count). The lowest BCUT2D eigenvalue weighted by atomic mass is 9.84. The molecule has 10 aromatic rings. The molecule has 736 valence electrons. The summed E-state index contributed by atoms with van der Waals surface area (Å²) >= 11 is 6.37. The van der Waals surface area contributed by atoms with Gasteiger partial charge in [0.25, 0.3) is 0 Å². The van der Waals surface area contributed by atoms with Crippen LogP contribution in [0.25, 0.3) is 0 Å². The van der Waals surface area contributed by atoms with Gasteiger partial charge in [-0.2, -0.15) is 0 Å². The molecule has 32 heteroatoms. The van der Waals surface area contributed by atoms with E-state index in [2.05, 4.69) is 121 Å². The number of rotatable bonds is 25. The lowest BCUT2D eigenvalue weighted by molar-refractivity contribution is -0.00554. The molecule has 0 saturated carbocycles. The molecule has 0 amide bonds. The van der Waals surface area contributed by atoms with Crippen LogP contribution in [0.15, 0.2) is 206 Å². The number of anilines is 12. The van der Waals surface area contributed by atoms with E-state index in [-0.39, 0.29) is 51.8 Å². The third kappa shape index (κ3) is 34.8. The Labute approximate surface area is 816 Å². The molecule has 0 aliphatic carbocycles. The minimum Gasteiger partial charge on any atom is -0.772 e. The highest BCUT2D eigenvalue weighted by Crippen LogP contribution is 2.40. The molecule has 4 aliphatic rings. The van der Waals surface area contributed by atoms with Gasteiger partial charge in [-0.15, -0.1) is 0 Å². The Hall–Kier alpha value is -9.64. The maximum absolute atomic E-state index is 15.1. The maximum atomic E-state index is 15.1. The largest absolute Gasteiger partial charge is 0.772 e. The molecular weight excluding hydrogens is 1830 g/mol. The lowest BCUT2D eigenvalue weighted by Crippen LogP contribution is -2.45. The van der Waals surface area contributed by atoms with Crippen LogP contribution in [-0.4, -0.2) is 143 Å². The van der Waals surface area contributed by atoms with Crippen molar-refractivity contribution in [1.82, 2.24) is 0 Å². The van der Waals surface area contributed by atoms with E-state index in [1.54, 1.807) is 80.5 Å². The Morgan fingerprint density at radius 1 is 0.444 bits per heavy atom. The number of piperidine rings is 2. The van der Waals surface area contributed by atoms with Crippen LogP contribution >= 0.6 is 23.2 Å². The quantitative estimate of drug-likeness (QED) is 0.0188. The number of nitrogen functional groups attached to an aromatic ring is 3. The number of nitrogens with two attached hydrogens (primary N) is 3. The molecule has 13 N–H and O–H groups in total. The van der Waals surface area contributed by atoms with Gasteiger partial charge in [-0.3, -0.25) is 17.3 Å². The van der Waals surface area contributed by atoms with Crippen molar-refractivity contribution in [1.29, 1.82) is 0 Å². The summed E-state index contributed by atoms with van der Waals surface area (Å²) in [6.07, 6.45) is 3.96. The Kier molecular flexibility index (Phi) is 43.3. The van der Waals surface area contributed by atoms with Crippen molar-refractivity contribution in [3.05, 3.63) is 284 Å². The van der Waals surface area contributed by atoms with Crippen LogP contribution in [0.1, 0.15) is 171 Å². The number of nitrogens with zero attached hydrogens (tertiary/aromatic N) is 4. The SMILES string of the molecule is CC(C)S(=O)[O-].CC(C)S(=O)[O-].CC(C)S(=O)[O-].CCc1c(N2C[C@@H](C)O[C@@H](C)C2)ccc(NCc2ccc(N)cc2)c1F.Cc1c(N2C[C@@H](C)O[C@@H](C)C2)ccc(NCc2ccc(NS(=O)(=O)C(C)C)cc2)c1F.Cc1cc(CNc2ccc(N3CCC(O)(c4ccc(Cl)cc4)CC3)cc2)ccc1N.Cc1cc(NCc2ccc(N)cc2)ccc1N1CCC(O)(c2ccc(Cl)cc2)CC1. The summed E-state index contributed by atoms with van der Waals surface area (Å²) in [6, 6.07) is 66.4. The molecule has 10 aromatic carbocycles. The predicted octanol–water partition coefficient (Wildman–Crippen LogP) is 20.2. The Morgan fingerprint density at radius 2 is 0.800 bits per heavy atom. The number of benzene rings is 10. The number of hydrogen-bond donors (Lipinski definition) is 10. The molecule has 4 saturated heterocycles. The van der Waals surface area contributed by atoms with Crippen molar-refractivity contribution in [2.75, 3.05) is 115 Å². The van der Waals surface area contributed by atoms with Crippen molar-refractivity contribution < 1.29 is 63.2 Å². The molecule has 4 fully saturated rings. The average molecular weight is 1970 g/mol. The summed E-state index contributed by atoms with van der Waals surface area (Å²) in [4.78, 5) is 9.11. The molecule has 0 spiro atoms. The zero-order valence-corrected chi connectivity index (χ0v) is 85.2. The average Bonchev–Trinajstić information content (AvgIpc) is 0.796. The summed E-state index contributed by atoms with van der Waals surface area (Å²) in [6.45, 7) is 38.0. The second-order valence-corrected chi connectivity index (χ2v) is 43.2. The minimum absolute atomic E-state index is 0.108. The van der Waals surface area contributed by atoms with Gasteiger partial charge in [-0.05, 0) is 272 Å². The summed E-state index contributed by atoms with van der Waals surface area (Å²) in [5.41, 5.74) is 36.1. The smallest absolute Gasteiger partial charge is 0.235 e. The first-order chi connectivity index (χ1) is 63.8. The fourth-order valence-electron chi connectivity index (χ4n) is 15.4. The molecular formula is C103H137Cl2F2N12O12S4-3. The first kappa shape index (κ1) is 111. The van der Waals surface area contributed by atoms with Gasteiger partial charge in [0.15, 0.2) is 11.6 Å². The van der Waals surface area contributed by atoms with Crippen LogP contribution in [0.4, 0.5) is 77.0 Å². The van der Waals surface area contributed by atoms with Crippen LogP contribution in [0.5, 0.6) is 0 Å². The van der Waals surface area contributed by atoms with Crippen LogP contribution in [0.2, 0.25) is 10.0 Å². The summed E-state index contributed by atoms with van der Waals surface area (Å²) < 4.78 is 126. The second-order valence-electron chi connectivity index (χ2n) is 35.7. The van der Waals surface area contributed by atoms with Crippen molar-refractivity contribution in [2.24, 2.45) is 0 Å². The van der Waals surface area contributed by atoms with Crippen LogP contribution in [-0.2, 0) is 96.5 Å². The van der Waals surface area contributed by atoms with Gasteiger partial charge in [0, 0.05) is 172 Å². The van der Waals surface area contributed by atoms with Gasteiger partial charge in [-0.25, -0.2) is 17.2 Å². The second kappa shape index (κ2) is 52.8. The normalized spacial score (nSPS) is 17.4. The maximum Gasteiger partial charge on any atom is 0.235 e. The van der Waals surface area contributed by atoms with E-state index in [1.165, 1.54) is 28.1 Å². The number of sulfonamides is 1. The fraction of sp³-hybridized carbons (Fsp3) is 0.417. The van der Waals surface area contributed by atoms with E-state index in [9.17, 15) is 44.9 Å². The molecule has 0 radical (unpaired) electrons. The van der Waals surface area contributed by atoms with E-state index < -0.39 is 59.7 Å². The molecule has 7 atom stereocenters. The highest BCUT2D eigenvalue weighted by molar-refractivity contribution is 7.93. The van der Waals surface area contributed by atoms with Gasteiger partial charge in [-0.1, -0.05) is 178 Å². The third-order valence-corrected chi connectivity index (χ3v) is 28.0. The summed E-state index contributed by atoms with van der Waals surface area (Å²) in [7, 11) is -3.38. The zero-order valence-electron chi connectivity index (χ0n) is 80.4. The van der Waals surface area contributed by atoms with Gasteiger partial charge in [0.2, 0.25) is 10.0 Å². The van der Waals surface area contributed by atoms with Gasteiger partial charge in [0.05, 0.1) is 52.2 Å². The fourth-order valence-corrected chi connectivity index (χ4v) is 16.4. The van der Waals surface area contributed by atoms with Gasteiger partial charge >= 0.3 is 0 Å². The molecule has 24 nitrogen and oxygen atoms in total. The topological polar surface area (TPSA) is 365 Å². The van der Waals surface area contributed by atoms with Crippen molar-refractivity contribution in [2.45, 2.75) is 226 Å². The molecule has 135 heavy (non-hydrogen) atoms. The van der Waals surface area contributed by atoms with E-state index >= 15 is 8.78 Å². The molecule has 3 unspecified atom stereocenters. The Bertz CT molecular complexity index is 5490. The van der Waals surface area contributed by atoms with Crippen molar-refractivity contribution >= 4 is 135 Å². The number of nitrogens with one attached hydrogen (secondary N) is 5. The van der Waals surface area contributed by atoms with Crippen LogP contribution < -0.4 is 62.8 Å². The molecule has 0 bridgehead atoms. The minimum atomic E-state index is -3.38.